The minimum absolute atomic E-state index is 0.296. The van der Waals surface area contributed by atoms with E-state index in [1.807, 2.05) is 0 Å². The van der Waals surface area contributed by atoms with Crippen LogP contribution in [0.1, 0.15) is 33.6 Å². The number of nitrogen functional groups attached to an aromatic ring is 1. The Hall–Kier alpha value is -1.11. The van der Waals surface area contributed by atoms with Crippen molar-refractivity contribution in [2.75, 3.05) is 45.6 Å². The molecule has 0 amide bonds. The van der Waals surface area contributed by atoms with Crippen molar-refractivity contribution in [1.29, 1.82) is 0 Å². The molecule has 2 N–H and O–H groups in total. The van der Waals surface area contributed by atoms with Crippen LogP contribution in [-0.2, 0) is 17.7 Å². The highest BCUT2D eigenvalue weighted by Gasteiger charge is 2.27. The van der Waals surface area contributed by atoms with Gasteiger partial charge in [-0.05, 0) is 37.9 Å². The van der Waals surface area contributed by atoms with Crippen LogP contribution in [0, 0.1) is 0 Å². The molecule has 21 heavy (non-hydrogen) atoms. The number of likely N-dealkylation sites (tertiary alicyclic amines) is 1. The number of fused-ring (bicyclic) bond motifs is 1. The Kier molecular flexibility index (Phi) is 4.47. The van der Waals surface area contributed by atoms with Gasteiger partial charge in [0.25, 0.3) is 0 Å². The number of nitrogens with zero attached hydrogens (tertiary/aromatic N) is 2. The quantitative estimate of drug-likeness (QED) is 0.856. The van der Waals surface area contributed by atoms with E-state index in [1.54, 1.807) is 11.3 Å². The van der Waals surface area contributed by atoms with Crippen molar-refractivity contribution in [2.45, 2.75) is 25.8 Å². The van der Waals surface area contributed by atoms with E-state index in [-0.39, 0.29) is 5.97 Å². The van der Waals surface area contributed by atoms with Crippen LogP contribution < -0.4 is 5.73 Å². The molecule has 116 valence electrons. The third-order valence-corrected chi connectivity index (χ3v) is 5.53. The van der Waals surface area contributed by atoms with Gasteiger partial charge in [0.1, 0.15) is 5.00 Å². The van der Waals surface area contributed by atoms with Crippen LogP contribution in [0.3, 0.4) is 0 Å². The fourth-order valence-corrected chi connectivity index (χ4v) is 4.43. The number of carbonyl (C=O) groups excluding carboxylic acids is 1. The fourth-order valence-electron chi connectivity index (χ4n) is 3.28. The predicted molar refractivity (Wildman–Crippen MR) is 84.7 cm³/mol. The van der Waals surface area contributed by atoms with Gasteiger partial charge in [-0.15, -0.1) is 11.3 Å². The maximum absolute atomic E-state index is 11.8. The van der Waals surface area contributed by atoms with E-state index >= 15 is 0 Å². The number of carbonyl (C=O) groups is 1. The van der Waals surface area contributed by atoms with Crippen molar-refractivity contribution in [1.82, 2.24) is 9.80 Å². The van der Waals surface area contributed by atoms with E-state index in [2.05, 4.69) is 9.80 Å². The third-order valence-electron chi connectivity index (χ3n) is 4.48. The lowest BCUT2D eigenvalue weighted by Gasteiger charge is -2.28. The number of esters is 1. The number of ether oxygens (including phenoxy) is 1. The molecule has 0 radical (unpaired) electrons. The maximum atomic E-state index is 11.8. The zero-order chi connectivity index (χ0) is 14.8. The third kappa shape index (κ3) is 3.07. The summed E-state index contributed by atoms with van der Waals surface area (Å²) in [6, 6.07) is 0. The SMILES string of the molecule is COC(=O)c1c(N)sc2c1CCN(CCN1CCCC1)C2. The van der Waals surface area contributed by atoms with E-state index in [1.165, 1.54) is 37.9 Å². The van der Waals surface area contributed by atoms with Gasteiger partial charge < -0.3 is 15.4 Å². The van der Waals surface area contributed by atoms with Gasteiger partial charge in [-0.3, -0.25) is 4.90 Å². The molecular weight excluding hydrogens is 286 g/mol. The summed E-state index contributed by atoms with van der Waals surface area (Å²) in [4.78, 5) is 18.1. The standard InChI is InChI=1S/C15H23N3O2S/c1-20-15(19)13-11-4-7-18(10-12(11)21-14(13)16)9-8-17-5-2-3-6-17/h2-10,16H2,1H3. The van der Waals surface area contributed by atoms with Crippen LogP contribution in [-0.4, -0.2) is 55.6 Å². The van der Waals surface area contributed by atoms with Gasteiger partial charge in [-0.1, -0.05) is 0 Å². The van der Waals surface area contributed by atoms with Crippen molar-refractivity contribution < 1.29 is 9.53 Å². The average Bonchev–Trinajstić information content (AvgIpc) is 3.10. The monoisotopic (exact) mass is 309 g/mol. The molecule has 3 heterocycles. The molecule has 2 aliphatic rings. The van der Waals surface area contributed by atoms with Gasteiger partial charge in [0.2, 0.25) is 0 Å². The first-order valence-electron chi connectivity index (χ1n) is 7.62. The smallest absolute Gasteiger partial charge is 0.341 e. The van der Waals surface area contributed by atoms with Crippen LogP contribution in [0.5, 0.6) is 0 Å². The van der Waals surface area contributed by atoms with Crippen LogP contribution in [0.25, 0.3) is 0 Å². The molecular formula is C15H23N3O2S. The molecule has 1 fully saturated rings. The van der Waals surface area contributed by atoms with Crippen LogP contribution in [0.4, 0.5) is 5.00 Å². The van der Waals surface area contributed by atoms with Crippen molar-refractivity contribution in [3.05, 3.63) is 16.0 Å². The van der Waals surface area contributed by atoms with Gasteiger partial charge in [0, 0.05) is 31.1 Å². The topological polar surface area (TPSA) is 58.8 Å². The molecule has 2 aliphatic heterocycles. The molecule has 5 nitrogen and oxygen atoms in total. The van der Waals surface area contributed by atoms with Crippen molar-refractivity contribution >= 4 is 22.3 Å². The maximum Gasteiger partial charge on any atom is 0.341 e. The number of methoxy groups -OCH3 is 1. The molecule has 0 aromatic carbocycles. The number of thiophene rings is 1. The molecule has 0 aliphatic carbocycles. The number of hydrogen-bond acceptors (Lipinski definition) is 6. The largest absolute Gasteiger partial charge is 0.465 e. The van der Waals surface area contributed by atoms with Crippen molar-refractivity contribution in [3.8, 4) is 0 Å². The fraction of sp³-hybridized carbons (Fsp3) is 0.667. The molecule has 0 spiro atoms. The Morgan fingerprint density at radius 2 is 1.95 bits per heavy atom. The second-order valence-electron chi connectivity index (χ2n) is 5.81. The van der Waals surface area contributed by atoms with Gasteiger partial charge in [-0.2, -0.15) is 0 Å². The molecule has 0 bridgehead atoms. The highest BCUT2D eigenvalue weighted by Crippen LogP contribution is 2.35. The van der Waals surface area contributed by atoms with E-state index in [4.69, 9.17) is 10.5 Å². The summed E-state index contributed by atoms with van der Waals surface area (Å²) in [5.41, 5.74) is 7.73. The van der Waals surface area contributed by atoms with Gasteiger partial charge >= 0.3 is 5.97 Å². The van der Waals surface area contributed by atoms with E-state index in [0.29, 0.717) is 10.6 Å². The summed E-state index contributed by atoms with van der Waals surface area (Å²) < 4.78 is 4.85. The lowest BCUT2D eigenvalue weighted by Crippen LogP contribution is -2.36. The Morgan fingerprint density at radius 3 is 2.67 bits per heavy atom. The second kappa shape index (κ2) is 6.34. The molecule has 1 aromatic heterocycles. The lowest BCUT2D eigenvalue weighted by atomic mass is 10.0. The normalized spacial score (nSPS) is 19.7. The molecule has 3 rings (SSSR count). The van der Waals surface area contributed by atoms with Crippen LogP contribution >= 0.6 is 11.3 Å². The lowest BCUT2D eigenvalue weighted by molar-refractivity contribution is 0.0600. The average molecular weight is 309 g/mol. The molecule has 6 heteroatoms. The van der Waals surface area contributed by atoms with E-state index in [0.717, 1.165) is 38.2 Å². The number of hydrogen-bond donors (Lipinski definition) is 1. The summed E-state index contributed by atoms with van der Waals surface area (Å²) in [7, 11) is 1.41. The van der Waals surface area contributed by atoms with Gasteiger partial charge in [0.05, 0.1) is 12.7 Å². The van der Waals surface area contributed by atoms with Gasteiger partial charge in [0.15, 0.2) is 0 Å². The molecule has 0 atom stereocenters. The first kappa shape index (κ1) is 14.8. The summed E-state index contributed by atoms with van der Waals surface area (Å²) in [6.07, 6.45) is 3.58. The highest BCUT2D eigenvalue weighted by molar-refractivity contribution is 7.16. The number of nitrogens with two attached hydrogens (primary N) is 1. The first-order valence-corrected chi connectivity index (χ1v) is 8.43. The van der Waals surface area contributed by atoms with Crippen molar-refractivity contribution in [3.63, 3.8) is 0 Å². The van der Waals surface area contributed by atoms with Crippen molar-refractivity contribution in [2.24, 2.45) is 0 Å². The minimum Gasteiger partial charge on any atom is -0.465 e. The van der Waals surface area contributed by atoms with E-state index in [9.17, 15) is 4.79 Å². The van der Waals surface area contributed by atoms with Gasteiger partial charge in [-0.25, -0.2) is 4.79 Å². The van der Waals surface area contributed by atoms with E-state index < -0.39 is 0 Å². The zero-order valence-corrected chi connectivity index (χ0v) is 13.4. The Morgan fingerprint density at radius 1 is 1.24 bits per heavy atom. The molecule has 0 unspecified atom stereocenters. The molecule has 1 aromatic rings. The summed E-state index contributed by atoms with van der Waals surface area (Å²) in [5.74, 6) is -0.296. The summed E-state index contributed by atoms with van der Waals surface area (Å²) >= 11 is 1.54. The zero-order valence-electron chi connectivity index (χ0n) is 12.6. The molecule has 1 saturated heterocycles. The first-order chi connectivity index (χ1) is 10.2. The predicted octanol–water partition coefficient (Wildman–Crippen LogP) is 1.57. The molecule has 0 saturated carbocycles. The summed E-state index contributed by atoms with van der Waals surface area (Å²) in [6.45, 7) is 6.66. The summed E-state index contributed by atoms with van der Waals surface area (Å²) in [5, 5.41) is 0.605. The van der Waals surface area contributed by atoms with Crippen LogP contribution in [0.15, 0.2) is 0 Å². The highest BCUT2D eigenvalue weighted by atomic mass is 32.1. The second-order valence-corrected chi connectivity index (χ2v) is 6.95. The number of anilines is 1. The Balaban J connectivity index is 1.64. The Bertz CT molecular complexity index is 523. The minimum atomic E-state index is -0.296. The van der Waals surface area contributed by atoms with Crippen LogP contribution in [0.2, 0.25) is 0 Å². The number of rotatable bonds is 4. The Labute approximate surface area is 129 Å².